The maximum absolute atomic E-state index is 3.40. The minimum absolute atomic E-state index is 1.15. The van der Waals surface area contributed by atoms with Gasteiger partial charge in [0.25, 0.3) is 0 Å². The number of benzene rings is 1. The van der Waals surface area contributed by atoms with E-state index in [0.29, 0.717) is 0 Å². The normalized spacial score (nSPS) is 17.1. The maximum atomic E-state index is 3.40. The number of rotatable bonds is 4. The van der Waals surface area contributed by atoms with Gasteiger partial charge in [-0.1, -0.05) is 17.7 Å². The van der Waals surface area contributed by atoms with E-state index in [4.69, 9.17) is 0 Å². The summed E-state index contributed by atoms with van der Waals surface area (Å²) in [7, 11) is 0. The molecule has 0 atom stereocenters. The maximum Gasteiger partial charge on any atom is 0.0131 e. The number of piperazine rings is 1. The zero-order chi connectivity index (χ0) is 13.0. The van der Waals surface area contributed by atoms with Crippen molar-refractivity contribution in [3.8, 4) is 0 Å². The summed E-state index contributed by atoms with van der Waals surface area (Å²) in [4.78, 5) is 4.04. The second-order valence-electron chi connectivity index (χ2n) is 5.17. The molecule has 0 bridgehead atoms. The number of nitrogens with one attached hydrogen (secondary N) is 1. The van der Waals surface area contributed by atoms with Crippen LogP contribution in [-0.4, -0.2) is 43.4 Å². The smallest absolute Gasteiger partial charge is 0.0131 e. The van der Waals surface area contributed by atoms with E-state index in [1.165, 1.54) is 47.0 Å². The van der Waals surface area contributed by atoms with Crippen molar-refractivity contribution in [3.63, 3.8) is 0 Å². The summed E-state index contributed by atoms with van der Waals surface area (Å²) in [6.07, 6.45) is 0. The molecule has 0 saturated carbocycles. The van der Waals surface area contributed by atoms with Gasteiger partial charge < -0.3 is 5.32 Å². The first kappa shape index (κ1) is 13.9. The molecule has 0 spiro atoms. The molecule has 1 aliphatic heterocycles. The summed E-state index contributed by atoms with van der Waals surface area (Å²) in [6.45, 7) is 12.5. The van der Waals surface area contributed by atoms with E-state index in [1.807, 2.05) is 11.8 Å². The Labute approximate surface area is 115 Å². The summed E-state index contributed by atoms with van der Waals surface area (Å²) in [5.74, 6) is 1.20. The third-order valence-corrected chi connectivity index (χ3v) is 4.79. The number of hydrogen-bond donors (Lipinski definition) is 1. The molecule has 1 aromatic rings. The van der Waals surface area contributed by atoms with Gasteiger partial charge in [-0.15, -0.1) is 11.8 Å². The lowest BCUT2D eigenvalue weighted by Gasteiger charge is -2.27. The van der Waals surface area contributed by atoms with Crippen molar-refractivity contribution in [2.75, 3.05) is 38.5 Å². The molecule has 1 heterocycles. The van der Waals surface area contributed by atoms with E-state index in [-0.39, 0.29) is 0 Å². The van der Waals surface area contributed by atoms with E-state index >= 15 is 0 Å². The summed E-state index contributed by atoms with van der Waals surface area (Å²) in [5, 5.41) is 3.40. The Bertz CT molecular complexity index is 374. The average Bonchev–Trinajstić information content (AvgIpc) is 2.34. The molecule has 0 aromatic heterocycles. The van der Waals surface area contributed by atoms with Gasteiger partial charge in [0.2, 0.25) is 0 Å². The van der Waals surface area contributed by atoms with Crippen LogP contribution in [0.25, 0.3) is 0 Å². The molecular formula is C15H24N2S. The highest BCUT2D eigenvalue weighted by atomic mass is 32.2. The fraction of sp³-hybridized carbons (Fsp3) is 0.600. The van der Waals surface area contributed by atoms with Crippen molar-refractivity contribution in [2.24, 2.45) is 0 Å². The molecule has 0 amide bonds. The minimum Gasteiger partial charge on any atom is -0.314 e. The van der Waals surface area contributed by atoms with E-state index in [2.05, 4.69) is 43.1 Å². The molecule has 1 fully saturated rings. The first-order valence-electron chi connectivity index (χ1n) is 6.80. The zero-order valence-electron chi connectivity index (χ0n) is 11.8. The lowest BCUT2D eigenvalue weighted by molar-refractivity contribution is 0.255. The van der Waals surface area contributed by atoms with Gasteiger partial charge in [0.1, 0.15) is 0 Å². The van der Waals surface area contributed by atoms with E-state index in [9.17, 15) is 0 Å². The third-order valence-electron chi connectivity index (χ3n) is 3.47. The van der Waals surface area contributed by atoms with E-state index < -0.39 is 0 Å². The number of thioether (sulfide) groups is 1. The summed E-state index contributed by atoms with van der Waals surface area (Å²) >= 11 is 2.01. The second kappa shape index (κ2) is 6.60. The third kappa shape index (κ3) is 3.74. The first-order valence-corrected chi connectivity index (χ1v) is 7.79. The molecule has 1 aromatic carbocycles. The highest BCUT2D eigenvalue weighted by Gasteiger charge is 2.10. The molecule has 2 rings (SSSR count). The fourth-order valence-electron chi connectivity index (χ4n) is 2.61. The molecule has 1 aliphatic rings. The van der Waals surface area contributed by atoms with Crippen molar-refractivity contribution in [2.45, 2.75) is 25.7 Å². The Morgan fingerprint density at radius 2 is 1.72 bits per heavy atom. The topological polar surface area (TPSA) is 15.3 Å². The number of hydrogen-bond acceptors (Lipinski definition) is 3. The lowest BCUT2D eigenvalue weighted by Crippen LogP contribution is -2.44. The standard InChI is InChI=1S/C15H24N2S/c1-12-10-13(2)15(14(3)11-12)18-9-8-17-6-4-16-5-7-17/h10-11,16H,4-9H2,1-3H3. The minimum atomic E-state index is 1.15. The van der Waals surface area contributed by atoms with Crippen molar-refractivity contribution < 1.29 is 0 Å². The molecule has 18 heavy (non-hydrogen) atoms. The molecular weight excluding hydrogens is 240 g/mol. The fourth-order valence-corrected chi connectivity index (χ4v) is 3.73. The summed E-state index contributed by atoms with van der Waals surface area (Å²) < 4.78 is 0. The Morgan fingerprint density at radius 1 is 1.11 bits per heavy atom. The van der Waals surface area contributed by atoms with Crippen LogP contribution in [0.4, 0.5) is 0 Å². The Kier molecular flexibility index (Phi) is 5.10. The second-order valence-corrected chi connectivity index (χ2v) is 6.27. The highest BCUT2D eigenvalue weighted by Crippen LogP contribution is 2.27. The Hall–Kier alpha value is -0.510. The first-order chi connectivity index (χ1) is 8.66. The zero-order valence-corrected chi connectivity index (χ0v) is 12.6. The van der Waals surface area contributed by atoms with Crippen molar-refractivity contribution in [1.29, 1.82) is 0 Å². The van der Waals surface area contributed by atoms with E-state index in [1.54, 1.807) is 0 Å². The van der Waals surface area contributed by atoms with Crippen LogP contribution in [0.2, 0.25) is 0 Å². The van der Waals surface area contributed by atoms with Crippen molar-refractivity contribution >= 4 is 11.8 Å². The van der Waals surface area contributed by atoms with Crippen LogP contribution >= 0.6 is 11.8 Å². The van der Waals surface area contributed by atoms with Crippen LogP contribution in [0.3, 0.4) is 0 Å². The summed E-state index contributed by atoms with van der Waals surface area (Å²) in [5.41, 5.74) is 4.23. The predicted octanol–water partition coefficient (Wildman–Crippen LogP) is 2.61. The lowest BCUT2D eigenvalue weighted by atomic mass is 10.1. The van der Waals surface area contributed by atoms with Gasteiger partial charge in [-0.2, -0.15) is 0 Å². The Balaban J connectivity index is 1.86. The molecule has 3 heteroatoms. The molecule has 1 N–H and O–H groups in total. The number of nitrogens with zero attached hydrogens (tertiary/aromatic N) is 1. The van der Waals surface area contributed by atoms with Gasteiger partial charge in [0.15, 0.2) is 0 Å². The van der Waals surface area contributed by atoms with Gasteiger partial charge >= 0.3 is 0 Å². The summed E-state index contributed by atoms with van der Waals surface area (Å²) in [6, 6.07) is 4.58. The van der Waals surface area contributed by atoms with Crippen LogP contribution in [0, 0.1) is 20.8 Å². The molecule has 2 nitrogen and oxygen atoms in total. The van der Waals surface area contributed by atoms with E-state index in [0.717, 1.165) is 13.1 Å². The van der Waals surface area contributed by atoms with Gasteiger partial charge in [-0.05, 0) is 31.9 Å². The monoisotopic (exact) mass is 264 g/mol. The quantitative estimate of drug-likeness (QED) is 0.842. The van der Waals surface area contributed by atoms with Crippen LogP contribution in [0.15, 0.2) is 17.0 Å². The van der Waals surface area contributed by atoms with Gasteiger partial charge in [0.05, 0.1) is 0 Å². The molecule has 0 radical (unpaired) electrons. The van der Waals surface area contributed by atoms with Crippen LogP contribution in [-0.2, 0) is 0 Å². The predicted molar refractivity (Wildman–Crippen MR) is 80.7 cm³/mol. The largest absolute Gasteiger partial charge is 0.314 e. The molecule has 1 saturated heterocycles. The number of aryl methyl sites for hydroxylation is 3. The highest BCUT2D eigenvalue weighted by molar-refractivity contribution is 7.99. The van der Waals surface area contributed by atoms with Gasteiger partial charge in [0, 0.05) is 43.4 Å². The molecule has 0 aliphatic carbocycles. The van der Waals surface area contributed by atoms with Crippen LogP contribution in [0.5, 0.6) is 0 Å². The molecule has 0 unspecified atom stereocenters. The van der Waals surface area contributed by atoms with Crippen molar-refractivity contribution in [3.05, 3.63) is 28.8 Å². The van der Waals surface area contributed by atoms with Crippen LogP contribution < -0.4 is 5.32 Å². The van der Waals surface area contributed by atoms with Gasteiger partial charge in [-0.25, -0.2) is 0 Å². The van der Waals surface area contributed by atoms with Crippen LogP contribution in [0.1, 0.15) is 16.7 Å². The Morgan fingerprint density at radius 3 is 2.33 bits per heavy atom. The molecule has 100 valence electrons. The van der Waals surface area contributed by atoms with Crippen molar-refractivity contribution in [1.82, 2.24) is 10.2 Å². The van der Waals surface area contributed by atoms with Gasteiger partial charge in [-0.3, -0.25) is 4.90 Å². The average molecular weight is 264 g/mol. The SMILES string of the molecule is Cc1cc(C)c(SCCN2CCNCC2)c(C)c1.